The normalized spacial score (nSPS) is 12.4. The summed E-state index contributed by atoms with van der Waals surface area (Å²) in [6, 6.07) is 20.7. The van der Waals surface area contributed by atoms with Gasteiger partial charge >= 0.3 is 12.5 Å². The number of hydrogen-bond acceptors (Lipinski definition) is 6. The van der Waals surface area contributed by atoms with Gasteiger partial charge in [0.1, 0.15) is 17.3 Å². The number of aryl methyl sites for hydroxylation is 2. The summed E-state index contributed by atoms with van der Waals surface area (Å²) in [6.45, 7) is 0.326. The molecule has 1 heterocycles. The minimum absolute atomic E-state index is 0.0150. The maximum absolute atomic E-state index is 13.0. The molecule has 1 unspecified atom stereocenters. The molecule has 0 saturated heterocycles. The van der Waals surface area contributed by atoms with Crippen LogP contribution in [0.1, 0.15) is 27.4 Å². The van der Waals surface area contributed by atoms with Crippen LogP contribution in [0, 0.1) is 13.8 Å². The highest BCUT2D eigenvalue weighted by Crippen LogP contribution is 2.27. The molecule has 0 aliphatic heterocycles. The van der Waals surface area contributed by atoms with Crippen molar-refractivity contribution in [3.05, 3.63) is 102 Å². The average Bonchev–Trinajstić information content (AvgIpc) is 3.24. The lowest BCUT2D eigenvalue weighted by Gasteiger charge is -2.11. The zero-order valence-corrected chi connectivity index (χ0v) is 21.9. The number of sulfonamides is 1. The largest absolute Gasteiger partial charge is 0.611 e. The van der Waals surface area contributed by atoms with E-state index < -0.39 is 33.7 Å². The van der Waals surface area contributed by atoms with Gasteiger partial charge in [-0.25, -0.2) is 13.1 Å². The minimum Gasteiger partial charge on any atom is -0.611 e. The third kappa shape index (κ3) is 6.42. The second-order valence-corrected chi connectivity index (χ2v) is 11.4. The predicted octanol–water partition coefficient (Wildman–Crippen LogP) is 5.59. The van der Waals surface area contributed by atoms with Crippen molar-refractivity contribution < 1.29 is 35.7 Å². The number of alkyl halides is 2. The van der Waals surface area contributed by atoms with Gasteiger partial charge in [-0.15, -0.1) is 0 Å². The van der Waals surface area contributed by atoms with Crippen molar-refractivity contribution in [2.24, 2.45) is 0 Å². The number of hydrogen-bond donors (Lipinski definition) is 1. The second-order valence-electron chi connectivity index (χ2n) is 8.31. The van der Waals surface area contributed by atoms with E-state index in [-0.39, 0.29) is 22.2 Å². The number of nitrogens with one attached hydrogen (secondary N) is 1. The first-order valence-corrected chi connectivity index (χ1v) is 14.1. The molecule has 0 radical (unpaired) electrons. The predicted molar refractivity (Wildman–Crippen MR) is 138 cm³/mol. The molecule has 38 heavy (non-hydrogen) atoms. The quantitative estimate of drug-likeness (QED) is 0.268. The minimum atomic E-state index is -4.10. The standard InChI is InChI=1S/C27H23F2NO6S2/c1-17-5-3-4-6-25(17)38(33,34)30-26(31)24-15-21(18(2)35-24)16-37(32)23-13-9-20(10-14-23)19-7-11-22(12-8-19)36-27(28)29/h3-15,27H,16H2,1-2H3,(H,30,31). The molecule has 1 atom stereocenters. The second kappa shape index (κ2) is 11.4. The molecule has 4 rings (SSSR count). The molecule has 0 spiro atoms. The molecule has 4 aromatic rings. The number of amides is 1. The SMILES string of the molecule is Cc1ccccc1S(=O)(=O)NC(=O)c1cc(C[S+]([O-])c2ccc(-c3ccc(OC(F)F)cc3)cc2)c(C)o1. The Balaban J connectivity index is 1.43. The van der Waals surface area contributed by atoms with E-state index in [0.717, 1.165) is 11.1 Å². The lowest BCUT2D eigenvalue weighted by molar-refractivity contribution is -0.0498. The number of ether oxygens (including phenoxy) is 1. The van der Waals surface area contributed by atoms with Gasteiger partial charge in [-0.1, -0.05) is 30.3 Å². The van der Waals surface area contributed by atoms with Gasteiger partial charge in [0.25, 0.3) is 10.0 Å². The number of rotatable bonds is 9. The van der Waals surface area contributed by atoms with Gasteiger partial charge < -0.3 is 13.7 Å². The van der Waals surface area contributed by atoms with E-state index in [1.54, 1.807) is 68.4 Å². The fraction of sp³-hybridized carbons (Fsp3) is 0.148. The average molecular weight is 560 g/mol. The van der Waals surface area contributed by atoms with Gasteiger partial charge in [0.15, 0.2) is 10.7 Å². The van der Waals surface area contributed by atoms with E-state index in [1.807, 2.05) is 4.72 Å². The van der Waals surface area contributed by atoms with Gasteiger partial charge in [0.2, 0.25) is 0 Å². The Morgan fingerprint density at radius 3 is 2.21 bits per heavy atom. The smallest absolute Gasteiger partial charge is 0.387 e. The molecular weight excluding hydrogens is 536 g/mol. The Hall–Kier alpha value is -3.67. The molecule has 0 aliphatic carbocycles. The molecule has 1 aromatic heterocycles. The summed E-state index contributed by atoms with van der Waals surface area (Å²) in [5, 5.41) is 0. The molecule has 198 valence electrons. The molecule has 0 bridgehead atoms. The zero-order chi connectivity index (χ0) is 27.4. The number of halogens is 2. The van der Waals surface area contributed by atoms with Crippen molar-refractivity contribution in [2.75, 3.05) is 0 Å². The molecule has 1 amide bonds. The van der Waals surface area contributed by atoms with Crippen LogP contribution >= 0.6 is 0 Å². The van der Waals surface area contributed by atoms with Crippen LogP contribution in [-0.2, 0) is 27.0 Å². The molecule has 7 nitrogen and oxygen atoms in total. The van der Waals surface area contributed by atoms with E-state index >= 15 is 0 Å². The molecular formula is C27H23F2NO6S2. The van der Waals surface area contributed by atoms with Gasteiger partial charge in [-0.05, 0) is 90.2 Å². The number of furan rings is 1. The topological polar surface area (TPSA) is 109 Å². The highest BCUT2D eigenvalue weighted by molar-refractivity contribution is 7.90. The first-order chi connectivity index (χ1) is 18.0. The van der Waals surface area contributed by atoms with Crippen LogP contribution < -0.4 is 9.46 Å². The van der Waals surface area contributed by atoms with Gasteiger partial charge in [0.05, 0.1) is 4.90 Å². The molecule has 0 saturated carbocycles. The Labute approximate surface area is 221 Å². The van der Waals surface area contributed by atoms with Crippen molar-refractivity contribution >= 4 is 27.1 Å². The summed E-state index contributed by atoms with van der Waals surface area (Å²) in [7, 11) is -4.10. The van der Waals surface area contributed by atoms with Crippen LogP contribution in [0.5, 0.6) is 5.75 Å². The van der Waals surface area contributed by atoms with Crippen molar-refractivity contribution in [1.29, 1.82) is 0 Å². The highest BCUT2D eigenvalue weighted by Gasteiger charge is 2.25. The van der Waals surface area contributed by atoms with Crippen LogP contribution in [0.15, 0.2) is 93.1 Å². The van der Waals surface area contributed by atoms with Gasteiger partial charge in [0, 0.05) is 5.56 Å². The van der Waals surface area contributed by atoms with Gasteiger partial charge in [-0.2, -0.15) is 8.78 Å². The first-order valence-electron chi connectivity index (χ1n) is 11.3. The third-order valence-electron chi connectivity index (χ3n) is 5.67. The lowest BCUT2D eigenvalue weighted by atomic mass is 10.1. The summed E-state index contributed by atoms with van der Waals surface area (Å²) in [5.74, 6) is -0.687. The monoisotopic (exact) mass is 559 g/mol. The summed E-state index contributed by atoms with van der Waals surface area (Å²) in [6.07, 6.45) is 0. The lowest BCUT2D eigenvalue weighted by Crippen LogP contribution is -2.30. The molecule has 0 fully saturated rings. The van der Waals surface area contributed by atoms with E-state index in [2.05, 4.69) is 4.74 Å². The number of carbonyl (C=O) groups excluding carboxylic acids is 1. The van der Waals surface area contributed by atoms with Crippen molar-refractivity contribution in [3.8, 4) is 16.9 Å². The van der Waals surface area contributed by atoms with Gasteiger partial charge in [-0.3, -0.25) is 4.79 Å². The van der Waals surface area contributed by atoms with E-state index in [1.165, 1.54) is 24.3 Å². The number of carbonyl (C=O) groups is 1. The van der Waals surface area contributed by atoms with E-state index in [4.69, 9.17) is 4.42 Å². The Kier molecular flexibility index (Phi) is 8.20. The number of benzene rings is 3. The van der Waals surface area contributed by atoms with Crippen molar-refractivity contribution in [1.82, 2.24) is 4.72 Å². The molecule has 0 aliphatic rings. The molecule has 11 heteroatoms. The summed E-state index contributed by atoms with van der Waals surface area (Å²) < 4.78 is 74.7. The van der Waals surface area contributed by atoms with Crippen LogP contribution in [0.3, 0.4) is 0 Å². The maximum atomic E-state index is 13.0. The fourth-order valence-electron chi connectivity index (χ4n) is 3.71. The highest BCUT2D eigenvalue weighted by atomic mass is 32.2. The Morgan fingerprint density at radius 1 is 1.00 bits per heavy atom. The summed E-state index contributed by atoms with van der Waals surface area (Å²) in [4.78, 5) is 13.1. The Morgan fingerprint density at radius 2 is 1.61 bits per heavy atom. The fourth-order valence-corrected chi connectivity index (χ4v) is 6.09. The van der Waals surface area contributed by atoms with Crippen LogP contribution in [-0.4, -0.2) is 25.5 Å². The van der Waals surface area contributed by atoms with E-state index in [9.17, 15) is 26.5 Å². The zero-order valence-electron chi connectivity index (χ0n) is 20.3. The van der Waals surface area contributed by atoms with E-state index in [0.29, 0.717) is 21.8 Å². The van der Waals surface area contributed by atoms with Crippen molar-refractivity contribution in [2.45, 2.75) is 36.0 Å². The summed E-state index contributed by atoms with van der Waals surface area (Å²) in [5.41, 5.74) is 2.55. The van der Waals surface area contributed by atoms with Crippen LogP contribution in [0.4, 0.5) is 8.78 Å². The molecule has 3 aromatic carbocycles. The molecule has 1 N–H and O–H groups in total. The van der Waals surface area contributed by atoms with Crippen LogP contribution in [0.25, 0.3) is 11.1 Å². The summed E-state index contributed by atoms with van der Waals surface area (Å²) >= 11 is -1.48. The maximum Gasteiger partial charge on any atom is 0.387 e. The Bertz CT molecular complexity index is 1530. The van der Waals surface area contributed by atoms with Crippen LogP contribution in [0.2, 0.25) is 0 Å². The van der Waals surface area contributed by atoms with Crippen molar-refractivity contribution in [3.63, 3.8) is 0 Å². The third-order valence-corrected chi connectivity index (χ3v) is 8.53. The first kappa shape index (κ1) is 27.4.